The molecular formula is C30H48N6O9. The fourth-order valence-electron chi connectivity index (χ4n) is 4.07. The van der Waals surface area contributed by atoms with E-state index >= 15 is 0 Å². The molecule has 0 aliphatic carbocycles. The molecule has 4 heterocycles. The summed E-state index contributed by atoms with van der Waals surface area (Å²) in [6.07, 6.45) is 2.51. The summed E-state index contributed by atoms with van der Waals surface area (Å²) in [7, 11) is 2.54. The van der Waals surface area contributed by atoms with Gasteiger partial charge in [-0.3, -0.25) is 19.6 Å². The molecule has 2 aromatic heterocycles. The number of rotatable bonds is 8. The van der Waals surface area contributed by atoms with E-state index < -0.39 is 17.9 Å². The Morgan fingerprint density at radius 3 is 1.56 bits per heavy atom. The van der Waals surface area contributed by atoms with E-state index in [4.69, 9.17) is 15.3 Å². The first kappa shape index (κ1) is 41.0. The van der Waals surface area contributed by atoms with Crippen molar-refractivity contribution in [2.75, 3.05) is 92.9 Å². The van der Waals surface area contributed by atoms with Crippen molar-refractivity contribution >= 4 is 23.8 Å². The SMILES string of the molecule is C.C.COC(=O)c1ccc(C(=O)N2CCN(CCO)CC2)nc1.COC(=O)c1ccc(C(=O)O)nc1.OCCN1CCNCC1. The van der Waals surface area contributed by atoms with Gasteiger partial charge in [-0.2, -0.15) is 0 Å². The molecule has 0 unspecified atom stereocenters. The lowest BCUT2D eigenvalue weighted by atomic mass is 10.2. The van der Waals surface area contributed by atoms with E-state index in [1.54, 1.807) is 4.90 Å². The minimum Gasteiger partial charge on any atom is -0.477 e. The van der Waals surface area contributed by atoms with Crippen molar-refractivity contribution < 1.29 is 44.0 Å². The van der Waals surface area contributed by atoms with E-state index in [1.165, 1.54) is 44.7 Å². The van der Waals surface area contributed by atoms with E-state index in [9.17, 15) is 19.2 Å². The number of pyridine rings is 2. The van der Waals surface area contributed by atoms with E-state index in [2.05, 4.69) is 34.6 Å². The van der Waals surface area contributed by atoms with Crippen LogP contribution in [0.2, 0.25) is 0 Å². The fraction of sp³-hybridized carbons (Fsp3) is 0.533. The van der Waals surface area contributed by atoms with E-state index in [-0.39, 0.29) is 38.6 Å². The number of aromatic carboxylic acids is 1. The van der Waals surface area contributed by atoms with Crippen molar-refractivity contribution in [1.29, 1.82) is 0 Å². The Bertz CT molecular complexity index is 1150. The van der Waals surface area contributed by atoms with Gasteiger partial charge in [0.1, 0.15) is 11.4 Å². The van der Waals surface area contributed by atoms with Crippen LogP contribution in [0.3, 0.4) is 0 Å². The number of ether oxygens (including phenoxy) is 2. The maximum absolute atomic E-state index is 12.3. The lowest BCUT2D eigenvalue weighted by Gasteiger charge is -2.34. The molecule has 15 nitrogen and oxygen atoms in total. The number of hydrogen-bond acceptors (Lipinski definition) is 13. The molecule has 1 amide bonds. The van der Waals surface area contributed by atoms with Crippen LogP contribution >= 0.6 is 0 Å². The van der Waals surface area contributed by atoms with Crippen molar-refractivity contribution in [1.82, 2.24) is 30.0 Å². The summed E-state index contributed by atoms with van der Waals surface area (Å²) in [6.45, 7) is 8.90. The van der Waals surface area contributed by atoms with Crippen LogP contribution in [-0.4, -0.2) is 157 Å². The largest absolute Gasteiger partial charge is 0.477 e. The van der Waals surface area contributed by atoms with Crippen LogP contribution in [0.15, 0.2) is 36.7 Å². The quantitative estimate of drug-likeness (QED) is 0.290. The molecule has 0 spiro atoms. The van der Waals surface area contributed by atoms with Crippen molar-refractivity contribution in [3.8, 4) is 0 Å². The van der Waals surface area contributed by atoms with Crippen LogP contribution < -0.4 is 5.32 Å². The smallest absolute Gasteiger partial charge is 0.354 e. The van der Waals surface area contributed by atoms with Gasteiger partial charge in [-0.1, -0.05) is 14.9 Å². The molecule has 0 radical (unpaired) electrons. The van der Waals surface area contributed by atoms with Crippen LogP contribution in [0, 0.1) is 0 Å². The number of methoxy groups -OCH3 is 2. The van der Waals surface area contributed by atoms with Gasteiger partial charge in [0.05, 0.1) is 38.6 Å². The molecule has 2 aliphatic rings. The van der Waals surface area contributed by atoms with Crippen molar-refractivity contribution in [2.24, 2.45) is 0 Å². The van der Waals surface area contributed by atoms with Gasteiger partial charge in [-0.15, -0.1) is 0 Å². The van der Waals surface area contributed by atoms with Crippen molar-refractivity contribution in [2.45, 2.75) is 14.9 Å². The number of nitrogens with one attached hydrogen (secondary N) is 1. The topological polar surface area (TPSA) is 195 Å². The second-order valence-electron chi connectivity index (χ2n) is 9.33. The molecular weight excluding hydrogens is 588 g/mol. The highest BCUT2D eigenvalue weighted by Gasteiger charge is 2.23. The Labute approximate surface area is 264 Å². The first-order chi connectivity index (χ1) is 20.7. The Kier molecular flexibility index (Phi) is 20.5. The third-order valence-electron chi connectivity index (χ3n) is 6.51. The molecule has 0 atom stereocenters. The molecule has 252 valence electrons. The highest BCUT2D eigenvalue weighted by molar-refractivity contribution is 5.94. The third-order valence-corrected chi connectivity index (χ3v) is 6.51. The molecule has 4 N–H and O–H groups in total. The summed E-state index contributed by atoms with van der Waals surface area (Å²) in [5.41, 5.74) is 0.764. The summed E-state index contributed by atoms with van der Waals surface area (Å²) >= 11 is 0. The first-order valence-corrected chi connectivity index (χ1v) is 13.7. The average molecular weight is 637 g/mol. The lowest BCUT2D eigenvalue weighted by molar-refractivity contribution is 0.0589. The summed E-state index contributed by atoms with van der Waals surface area (Å²) in [6, 6.07) is 5.67. The minimum absolute atomic E-state index is 0. The van der Waals surface area contributed by atoms with E-state index in [0.29, 0.717) is 37.5 Å². The molecule has 4 rings (SSSR count). The van der Waals surface area contributed by atoms with Crippen molar-refractivity contribution in [3.05, 3.63) is 59.2 Å². The molecule has 2 saturated heterocycles. The zero-order valence-electron chi connectivity index (χ0n) is 24.5. The standard InChI is InChI=1S/C14H19N3O4.C8H7NO4.C6H14N2O.2CH4/c1-21-14(20)11-2-3-12(15-10-11)13(19)17-6-4-16(5-7-17)8-9-18;1-13-8(12)5-2-3-6(7(10)11)9-4-5;9-6-5-8-3-1-7-2-4-8;;/h2-3,10,18H,4-9H2,1H3;2-4H,1H3,(H,10,11);7,9H,1-6H2;2*1H4. The summed E-state index contributed by atoms with van der Waals surface area (Å²) in [5, 5.41) is 29.2. The molecule has 0 saturated carbocycles. The Morgan fingerprint density at radius 2 is 1.18 bits per heavy atom. The first-order valence-electron chi connectivity index (χ1n) is 13.7. The number of aliphatic hydroxyl groups excluding tert-OH is 2. The summed E-state index contributed by atoms with van der Waals surface area (Å²) < 4.78 is 9.00. The number of amides is 1. The van der Waals surface area contributed by atoms with Crippen LogP contribution in [0.4, 0.5) is 0 Å². The fourth-order valence-corrected chi connectivity index (χ4v) is 4.07. The van der Waals surface area contributed by atoms with Gasteiger partial charge in [0.25, 0.3) is 5.91 Å². The van der Waals surface area contributed by atoms with Crippen LogP contribution in [0.1, 0.15) is 56.5 Å². The number of carbonyl (C=O) groups is 4. The monoisotopic (exact) mass is 636 g/mol. The number of carboxylic acid groups (broad SMARTS) is 1. The number of aliphatic hydroxyl groups is 2. The van der Waals surface area contributed by atoms with E-state index in [0.717, 1.165) is 52.0 Å². The normalized spacial score (nSPS) is 14.5. The van der Waals surface area contributed by atoms with Crippen LogP contribution in [-0.2, 0) is 9.47 Å². The third kappa shape index (κ3) is 14.1. The maximum Gasteiger partial charge on any atom is 0.354 e. The molecule has 0 aromatic carbocycles. The van der Waals surface area contributed by atoms with Gasteiger partial charge in [-0.25, -0.2) is 19.4 Å². The summed E-state index contributed by atoms with van der Waals surface area (Å²) in [4.78, 5) is 58.5. The van der Waals surface area contributed by atoms with Gasteiger partial charge in [0.15, 0.2) is 0 Å². The van der Waals surface area contributed by atoms with Gasteiger partial charge >= 0.3 is 17.9 Å². The predicted molar refractivity (Wildman–Crippen MR) is 167 cm³/mol. The van der Waals surface area contributed by atoms with Crippen LogP contribution in [0.25, 0.3) is 0 Å². The average Bonchev–Trinajstić information content (AvgIpc) is 3.05. The Balaban J connectivity index is 0.000000692. The number of carboxylic acids is 1. The molecule has 2 fully saturated rings. The zero-order chi connectivity index (χ0) is 31.6. The molecule has 2 aromatic rings. The number of esters is 2. The number of β-amino-alcohol motifs (C(OH)–C–C–N with tert-alkyl or cyclic N) is 2. The Morgan fingerprint density at radius 1 is 0.733 bits per heavy atom. The lowest BCUT2D eigenvalue weighted by Crippen LogP contribution is -2.49. The summed E-state index contributed by atoms with van der Waals surface area (Å²) in [5.74, 6) is -2.28. The van der Waals surface area contributed by atoms with Gasteiger partial charge < -0.3 is 35.0 Å². The highest BCUT2D eigenvalue weighted by Crippen LogP contribution is 2.09. The van der Waals surface area contributed by atoms with Gasteiger partial charge in [0.2, 0.25) is 0 Å². The zero-order valence-corrected chi connectivity index (χ0v) is 24.5. The molecule has 2 aliphatic heterocycles. The van der Waals surface area contributed by atoms with Gasteiger partial charge in [-0.05, 0) is 24.3 Å². The number of aromatic nitrogens is 2. The second kappa shape index (κ2) is 22.5. The second-order valence-corrected chi connectivity index (χ2v) is 9.33. The number of piperazine rings is 2. The molecule has 45 heavy (non-hydrogen) atoms. The Hall–Kier alpha value is -4.02. The molecule has 15 heteroatoms. The van der Waals surface area contributed by atoms with Crippen LogP contribution in [0.5, 0.6) is 0 Å². The highest BCUT2D eigenvalue weighted by atomic mass is 16.5. The van der Waals surface area contributed by atoms with Crippen molar-refractivity contribution in [3.63, 3.8) is 0 Å². The number of nitrogens with zero attached hydrogens (tertiary/aromatic N) is 5. The predicted octanol–water partition coefficient (Wildman–Crippen LogP) is 0.341. The van der Waals surface area contributed by atoms with E-state index in [1.807, 2.05) is 0 Å². The minimum atomic E-state index is -1.13. The molecule has 0 bridgehead atoms. The maximum atomic E-state index is 12.3. The number of carbonyl (C=O) groups excluding carboxylic acids is 3. The number of hydrogen-bond donors (Lipinski definition) is 4. The van der Waals surface area contributed by atoms with Gasteiger partial charge in [0, 0.05) is 77.8 Å².